The number of hydrogen-bond donors (Lipinski definition) is 1. The minimum absolute atomic E-state index is 0.0446. The largest absolute Gasteiger partial charge is 0.481 e. The van der Waals surface area contributed by atoms with E-state index in [-0.39, 0.29) is 18.5 Å². The summed E-state index contributed by atoms with van der Waals surface area (Å²) in [5, 5.41) is 7.42. The van der Waals surface area contributed by atoms with Crippen molar-refractivity contribution < 1.29 is 14.3 Å². The number of nitrogens with zero attached hydrogens (tertiary/aromatic N) is 5. The predicted molar refractivity (Wildman–Crippen MR) is 139 cm³/mol. The van der Waals surface area contributed by atoms with Crippen LogP contribution in [0, 0.1) is 0 Å². The Bertz CT molecular complexity index is 1280. The van der Waals surface area contributed by atoms with Gasteiger partial charge in [-0.2, -0.15) is 4.68 Å². The van der Waals surface area contributed by atoms with Crippen molar-refractivity contribution in [3.05, 3.63) is 58.5 Å². The standard InChI is InChI=1S/C27H34N6O4/c1-18(2)28-24(34)15-32-26(23-5-4-6-25(29-23)36-3)30-33(27(32)35)20-9-7-19(8-10-20)13-14-31-21-11-12-22(31)17-37-16-21/h4-10,18,21-22H,11-17H2,1-3H3,(H,28,34). The molecule has 2 atom stereocenters. The number of aromatic nitrogens is 4. The van der Waals surface area contributed by atoms with Gasteiger partial charge in [0.05, 0.1) is 26.0 Å². The summed E-state index contributed by atoms with van der Waals surface area (Å²) in [6.45, 7) is 6.26. The average Bonchev–Trinajstić information content (AvgIpc) is 3.32. The number of hydrogen-bond acceptors (Lipinski definition) is 7. The molecule has 3 aromatic rings. The molecular weight excluding hydrogens is 472 g/mol. The molecule has 37 heavy (non-hydrogen) atoms. The Balaban J connectivity index is 1.39. The molecule has 0 saturated carbocycles. The van der Waals surface area contributed by atoms with E-state index in [0.29, 0.717) is 35.2 Å². The van der Waals surface area contributed by atoms with Crippen molar-refractivity contribution in [1.29, 1.82) is 0 Å². The lowest BCUT2D eigenvalue weighted by molar-refractivity contribution is -0.122. The van der Waals surface area contributed by atoms with Gasteiger partial charge in [-0.15, -0.1) is 5.10 Å². The van der Waals surface area contributed by atoms with Crippen LogP contribution in [0.3, 0.4) is 0 Å². The van der Waals surface area contributed by atoms with Gasteiger partial charge in [-0.05, 0) is 56.9 Å². The third-order valence-electron chi connectivity index (χ3n) is 7.01. The van der Waals surface area contributed by atoms with Gasteiger partial charge in [0, 0.05) is 30.7 Å². The highest BCUT2D eigenvalue weighted by Crippen LogP contribution is 2.28. The SMILES string of the molecule is COc1cccc(-c2nn(-c3ccc(CCN4C5CCC4COC5)cc3)c(=O)n2CC(=O)NC(C)C)n1. The molecule has 10 heteroatoms. The summed E-state index contributed by atoms with van der Waals surface area (Å²) < 4.78 is 13.6. The Morgan fingerprint density at radius 2 is 1.86 bits per heavy atom. The monoisotopic (exact) mass is 506 g/mol. The number of ether oxygens (including phenoxy) is 2. The molecule has 196 valence electrons. The fourth-order valence-electron chi connectivity index (χ4n) is 5.20. The molecule has 10 nitrogen and oxygen atoms in total. The molecule has 0 spiro atoms. The number of fused-ring (bicyclic) bond motifs is 2. The topological polar surface area (TPSA) is 104 Å². The number of pyridine rings is 1. The van der Waals surface area contributed by atoms with E-state index >= 15 is 0 Å². The van der Waals surface area contributed by atoms with Crippen LogP contribution in [0.5, 0.6) is 5.88 Å². The van der Waals surface area contributed by atoms with Gasteiger partial charge in [0.15, 0.2) is 5.82 Å². The summed E-state index contributed by atoms with van der Waals surface area (Å²) in [5.74, 6) is 0.429. The summed E-state index contributed by atoms with van der Waals surface area (Å²) in [7, 11) is 1.53. The second-order valence-electron chi connectivity index (χ2n) is 9.97. The number of rotatable bonds is 9. The van der Waals surface area contributed by atoms with E-state index in [1.54, 1.807) is 18.2 Å². The molecule has 4 heterocycles. The molecule has 0 radical (unpaired) electrons. The van der Waals surface area contributed by atoms with E-state index in [9.17, 15) is 9.59 Å². The summed E-state index contributed by atoms with van der Waals surface area (Å²) in [6, 6.07) is 14.2. The summed E-state index contributed by atoms with van der Waals surface area (Å²) in [5.41, 5.74) is 1.88. The molecule has 2 aliphatic heterocycles. The summed E-state index contributed by atoms with van der Waals surface area (Å²) in [4.78, 5) is 33.0. The van der Waals surface area contributed by atoms with Crippen molar-refractivity contribution in [2.45, 2.75) is 57.8 Å². The number of amides is 1. The van der Waals surface area contributed by atoms with Crippen LogP contribution in [-0.2, 0) is 22.5 Å². The molecule has 1 N–H and O–H groups in total. The molecule has 2 unspecified atom stereocenters. The van der Waals surface area contributed by atoms with Gasteiger partial charge in [0.2, 0.25) is 11.8 Å². The first kappa shape index (κ1) is 25.2. The van der Waals surface area contributed by atoms with Crippen LogP contribution in [-0.4, -0.2) is 75.1 Å². The quantitative estimate of drug-likeness (QED) is 0.474. The maximum Gasteiger partial charge on any atom is 0.351 e. The fourth-order valence-corrected chi connectivity index (χ4v) is 5.20. The molecular formula is C27H34N6O4. The maximum atomic E-state index is 13.4. The predicted octanol–water partition coefficient (Wildman–Crippen LogP) is 2.03. The minimum atomic E-state index is -0.406. The number of carbonyl (C=O) groups is 1. The smallest absolute Gasteiger partial charge is 0.351 e. The van der Waals surface area contributed by atoms with Crippen molar-refractivity contribution in [2.24, 2.45) is 0 Å². The first-order chi connectivity index (χ1) is 17.9. The maximum absolute atomic E-state index is 13.4. The Hall–Kier alpha value is -3.50. The molecule has 2 fully saturated rings. The zero-order valence-corrected chi connectivity index (χ0v) is 21.6. The number of morpholine rings is 1. The molecule has 1 amide bonds. The molecule has 1 aromatic carbocycles. The third-order valence-corrected chi connectivity index (χ3v) is 7.01. The third kappa shape index (κ3) is 5.45. The second kappa shape index (κ2) is 10.9. The van der Waals surface area contributed by atoms with Crippen molar-refractivity contribution in [3.63, 3.8) is 0 Å². The molecule has 2 saturated heterocycles. The van der Waals surface area contributed by atoms with Crippen LogP contribution in [0.4, 0.5) is 0 Å². The van der Waals surface area contributed by atoms with Gasteiger partial charge < -0.3 is 14.8 Å². The van der Waals surface area contributed by atoms with Crippen LogP contribution >= 0.6 is 0 Å². The minimum Gasteiger partial charge on any atom is -0.481 e. The van der Waals surface area contributed by atoms with Crippen LogP contribution in [0.2, 0.25) is 0 Å². The van der Waals surface area contributed by atoms with Crippen molar-refractivity contribution in [3.8, 4) is 23.1 Å². The van der Waals surface area contributed by atoms with E-state index < -0.39 is 5.69 Å². The Labute approximate surface area is 216 Å². The zero-order valence-electron chi connectivity index (χ0n) is 21.6. The lowest BCUT2D eigenvalue weighted by Crippen LogP contribution is -2.46. The van der Waals surface area contributed by atoms with Crippen molar-refractivity contribution in [1.82, 2.24) is 29.5 Å². The number of carbonyl (C=O) groups excluding carboxylic acids is 1. The number of benzene rings is 1. The van der Waals surface area contributed by atoms with Gasteiger partial charge >= 0.3 is 5.69 Å². The lowest BCUT2D eigenvalue weighted by Gasteiger charge is -2.34. The fraction of sp³-hybridized carbons (Fsp3) is 0.481. The lowest BCUT2D eigenvalue weighted by atomic mass is 10.1. The number of nitrogens with one attached hydrogen (secondary N) is 1. The second-order valence-corrected chi connectivity index (χ2v) is 9.97. The summed E-state index contributed by atoms with van der Waals surface area (Å²) in [6.07, 6.45) is 3.37. The normalized spacial score (nSPS) is 19.4. The van der Waals surface area contributed by atoms with E-state index in [1.165, 1.54) is 34.8 Å². The highest BCUT2D eigenvalue weighted by molar-refractivity contribution is 5.76. The first-order valence-electron chi connectivity index (χ1n) is 12.9. The first-order valence-corrected chi connectivity index (χ1v) is 12.9. The summed E-state index contributed by atoms with van der Waals surface area (Å²) >= 11 is 0. The highest BCUT2D eigenvalue weighted by Gasteiger charge is 2.36. The van der Waals surface area contributed by atoms with Crippen LogP contribution in [0.1, 0.15) is 32.3 Å². The van der Waals surface area contributed by atoms with E-state index in [2.05, 4.69) is 20.3 Å². The highest BCUT2D eigenvalue weighted by atomic mass is 16.5. The van der Waals surface area contributed by atoms with Gasteiger partial charge in [-0.3, -0.25) is 14.3 Å². The molecule has 0 aliphatic carbocycles. The Morgan fingerprint density at radius 3 is 2.54 bits per heavy atom. The van der Waals surface area contributed by atoms with Crippen LogP contribution < -0.4 is 15.7 Å². The molecule has 5 rings (SSSR count). The zero-order chi connectivity index (χ0) is 25.9. The Kier molecular flexibility index (Phi) is 7.38. The van der Waals surface area contributed by atoms with Crippen LogP contribution in [0.15, 0.2) is 47.3 Å². The molecule has 2 bridgehead atoms. The van der Waals surface area contributed by atoms with E-state index in [1.807, 2.05) is 38.1 Å². The molecule has 2 aliphatic rings. The van der Waals surface area contributed by atoms with Gasteiger partial charge in [-0.25, -0.2) is 9.78 Å². The van der Waals surface area contributed by atoms with Gasteiger partial charge in [0.1, 0.15) is 12.2 Å². The van der Waals surface area contributed by atoms with Gasteiger partial charge in [0.25, 0.3) is 0 Å². The van der Waals surface area contributed by atoms with Crippen molar-refractivity contribution >= 4 is 5.91 Å². The van der Waals surface area contributed by atoms with E-state index in [0.717, 1.165) is 26.2 Å². The van der Waals surface area contributed by atoms with Crippen LogP contribution in [0.25, 0.3) is 17.2 Å². The number of methoxy groups -OCH3 is 1. The van der Waals surface area contributed by atoms with E-state index in [4.69, 9.17) is 9.47 Å². The molecule has 2 aromatic heterocycles. The van der Waals surface area contributed by atoms with Crippen molar-refractivity contribution in [2.75, 3.05) is 26.9 Å². The average molecular weight is 507 g/mol. The van der Waals surface area contributed by atoms with Gasteiger partial charge in [-0.1, -0.05) is 18.2 Å². The Morgan fingerprint density at radius 1 is 1.14 bits per heavy atom.